The number of rotatable bonds is 4. The molecule has 2 aromatic heterocycles. The van der Waals surface area contributed by atoms with Crippen LogP contribution in [0.15, 0.2) is 127 Å². The highest BCUT2D eigenvalue weighted by atomic mass is 19.4. The average molecular weight is 903 g/mol. The highest BCUT2D eigenvalue weighted by molar-refractivity contribution is 6.12. The van der Waals surface area contributed by atoms with Crippen LogP contribution in [0.2, 0.25) is 0 Å². The molecule has 0 aliphatic heterocycles. The maximum Gasteiger partial charge on any atom is 0.416 e. The van der Waals surface area contributed by atoms with E-state index in [0.29, 0.717) is 16.7 Å². The van der Waals surface area contributed by atoms with Crippen LogP contribution in [0.25, 0.3) is 77.2 Å². The van der Waals surface area contributed by atoms with Gasteiger partial charge in [0.15, 0.2) is 0 Å². The number of aromatic nitrogens is 2. The summed E-state index contributed by atoms with van der Waals surface area (Å²) in [6.07, 6.45) is -4.62. The fourth-order valence-corrected chi connectivity index (χ4v) is 9.63. The van der Waals surface area contributed by atoms with Crippen molar-refractivity contribution in [1.82, 2.24) is 9.13 Å². The van der Waals surface area contributed by atoms with Crippen molar-refractivity contribution >= 4 is 43.6 Å². The Morgan fingerprint density at radius 1 is 0.368 bits per heavy atom. The summed E-state index contributed by atoms with van der Waals surface area (Å²) >= 11 is 0. The molecule has 0 aliphatic carbocycles. The smallest absolute Gasteiger partial charge is 0.309 e. The van der Waals surface area contributed by atoms with Crippen LogP contribution in [-0.2, 0) is 27.8 Å². The van der Waals surface area contributed by atoms with Crippen LogP contribution < -0.4 is 0 Å². The normalized spacial score (nSPS) is 12.9. The van der Waals surface area contributed by atoms with Gasteiger partial charge in [-0.1, -0.05) is 119 Å². The Balaban J connectivity index is 1.44. The van der Waals surface area contributed by atoms with Gasteiger partial charge in [-0.15, -0.1) is 0 Å². The largest absolute Gasteiger partial charge is 0.416 e. The van der Waals surface area contributed by atoms with E-state index < -0.39 is 11.7 Å². The Labute approximate surface area is 397 Å². The Hall–Kier alpha value is -7.09. The van der Waals surface area contributed by atoms with E-state index in [1.165, 1.54) is 28.3 Å². The molecule has 0 N–H and O–H groups in total. The number of nitriles is 2. The molecular weight excluding hydrogens is 846 g/mol. The predicted octanol–water partition coefficient (Wildman–Crippen LogP) is 17.2. The minimum Gasteiger partial charge on any atom is -0.309 e. The van der Waals surface area contributed by atoms with Gasteiger partial charge < -0.3 is 9.13 Å². The third kappa shape index (κ3) is 7.92. The number of benzene rings is 7. The van der Waals surface area contributed by atoms with Gasteiger partial charge in [-0.3, -0.25) is 0 Å². The Morgan fingerprint density at radius 3 is 1.09 bits per heavy atom. The van der Waals surface area contributed by atoms with E-state index in [1.807, 2.05) is 36.4 Å². The third-order valence-corrected chi connectivity index (χ3v) is 13.7. The van der Waals surface area contributed by atoms with Crippen LogP contribution >= 0.6 is 0 Å². The zero-order valence-electron chi connectivity index (χ0n) is 41.0. The van der Waals surface area contributed by atoms with Gasteiger partial charge in [-0.05, 0) is 146 Å². The number of hydrogen-bond donors (Lipinski definition) is 0. The molecule has 0 saturated carbocycles. The molecular formula is C61H57F3N4. The van der Waals surface area contributed by atoms with Gasteiger partial charge in [0.1, 0.15) is 0 Å². The molecule has 4 nitrogen and oxygen atoms in total. The van der Waals surface area contributed by atoms with Crippen molar-refractivity contribution in [2.24, 2.45) is 0 Å². The van der Waals surface area contributed by atoms with Gasteiger partial charge in [0.25, 0.3) is 0 Å². The number of hydrogen-bond acceptors (Lipinski definition) is 2. The second-order valence-corrected chi connectivity index (χ2v) is 22.5. The van der Waals surface area contributed by atoms with Crippen LogP contribution in [0, 0.1) is 22.7 Å². The summed E-state index contributed by atoms with van der Waals surface area (Å²) in [6.45, 7) is 26.6. The maximum atomic E-state index is 14.1. The zero-order valence-corrected chi connectivity index (χ0v) is 41.0. The molecule has 0 atom stereocenters. The molecule has 0 unspecified atom stereocenters. The summed E-state index contributed by atoms with van der Waals surface area (Å²) in [7, 11) is 0. The topological polar surface area (TPSA) is 57.4 Å². The van der Waals surface area contributed by atoms with E-state index in [2.05, 4.69) is 177 Å². The van der Waals surface area contributed by atoms with Crippen molar-refractivity contribution < 1.29 is 13.2 Å². The van der Waals surface area contributed by atoms with Crippen molar-refractivity contribution in [3.63, 3.8) is 0 Å². The number of halogens is 3. The van der Waals surface area contributed by atoms with E-state index >= 15 is 0 Å². The lowest BCUT2D eigenvalue weighted by Crippen LogP contribution is -2.10. The van der Waals surface area contributed by atoms with E-state index in [1.54, 1.807) is 0 Å². The van der Waals surface area contributed by atoms with Crippen LogP contribution in [0.3, 0.4) is 0 Å². The number of alkyl halides is 3. The summed E-state index contributed by atoms with van der Waals surface area (Å²) in [5.74, 6) is 0. The Kier molecular flexibility index (Phi) is 10.7. The summed E-state index contributed by atoms with van der Waals surface area (Å²) < 4.78 is 46.7. The van der Waals surface area contributed by atoms with Gasteiger partial charge >= 0.3 is 6.18 Å². The monoisotopic (exact) mass is 902 g/mol. The first kappa shape index (κ1) is 46.0. The van der Waals surface area contributed by atoms with Crippen molar-refractivity contribution in [2.45, 2.75) is 111 Å². The third-order valence-electron chi connectivity index (χ3n) is 13.7. The lowest BCUT2D eigenvalue weighted by atomic mass is 9.85. The molecule has 0 saturated heterocycles. The van der Waals surface area contributed by atoms with E-state index in [0.717, 1.165) is 78.2 Å². The molecule has 0 fully saturated rings. The molecule has 68 heavy (non-hydrogen) atoms. The minimum absolute atomic E-state index is 0.0856. The summed E-state index contributed by atoms with van der Waals surface area (Å²) in [6, 6.07) is 46.2. The van der Waals surface area contributed by atoms with Gasteiger partial charge in [0.2, 0.25) is 0 Å². The van der Waals surface area contributed by atoms with Crippen molar-refractivity contribution in [3.8, 4) is 45.8 Å². The molecule has 0 bridgehead atoms. The van der Waals surface area contributed by atoms with Crippen LogP contribution in [0.4, 0.5) is 13.2 Å². The van der Waals surface area contributed by atoms with Gasteiger partial charge in [-0.25, -0.2) is 0 Å². The first-order chi connectivity index (χ1) is 31.8. The molecule has 342 valence electrons. The zero-order chi connectivity index (χ0) is 49.0. The maximum absolute atomic E-state index is 14.1. The molecule has 2 heterocycles. The van der Waals surface area contributed by atoms with Crippen LogP contribution in [0.5, 0.6) is 0 Å². The molecule has 0 aliphatic rings. The molecule has 0 spiro atoms. The first-order valence-electron chi connectivity index (χ1n) is 23.3. The number of fused-ring (bicyclic) bond motifs is 6. The lowest BCUT2D eigenvalue weighted by molar-refractivity contribution is -0.137. The fraction of sp³-hybridized carbons (Fsp3) is 0.279. The molecule has 0 amide bonds. The Bertz CT molecular complexity index is 3470. The average Bonchev–Trinajstić information content (AvgIpc) is 3.78. The molecule has 0 radical (unpaired) electrons. The second kappa shape index (κ2) is 15.7. The number of nitrogens with zero attached hydrogens (tertiary/aromatic N) is 4. The summed E-state index contributed by atoms with van der Waals surface area (Å²) in [5, 5.41) is 25.4. The molecule has 7 aromatic carbocycles. The molecule has 7 heteroatoms. The van der Waals surface area contributed by atoms with E-state index in [-0.39, 0.29) is 27.2 Å². The first-order valence-corrected chi connectivity index (χ1v) is 23.3. The molecule has 9 aromatic rings. The SMILES string of the molecule is CC(C)(C)c1ccc2c(c1)c1cc(C(C)(C)C)ccc1n2-c1ccc(C#N)cc1-c1cc(-c2ccc(C(F)(F)F)cc2C#N)ccc1-n1c2ccc(C(C)(C)C)cc2c2cc(C(C)(C)C)ccc21. The fourth-order valence-electron chi connectivity index (χ4n) is 9.63. The molecule has 9 rings (SSSR count). The second-order valence-electron chi connectivity index (χ2n) is 22.5. The van der Waals surface area contributed by atoms with E-state index in [9.17, 15) is 23.7 Å². The van der Waals surface area contributed by atoms with Gasteiger partial charge in [0, 0.05) is 32.7 Å². The van der Waals surface area contributed by atoms with E-state index in [4.69, 9.17) is 0 Å². The standard InChI is InChI=1S/C61H57F3N4/c1-57(2,3)39-16-23-53-47(30-39)48-31-40(58(4,5)6)17-24-54(48)67(53)51-21-13-36(34-65)27-45(51)46-29-37(44-20-15-43(61(62,63)64)28-38(44)35-66)14-22-52(46)68-55-25-18-41(59(7,8)9)32-49(55)50-33-42(60(10,11)12)19-26-56(50)68/h13-33H,1-12H3. The minimum atomic E-state index is -4.62. The van der Waals surface area contributed by atoms with Crippen molar-refractivity contribution in [1.29, 1.82) is 10.5 Å². The quantitative estimate of drug-likeness (QED) is 0.177. The van der Waals surface area contributed by atoms with Crippen molar-refractivity contribution in [2.75, 3.05) is 0 Å². The van der Waals surface area contributed by atoms with Gasteiger partial charge in [-0.2, -0.15) is 23.7 Å². The van der Waals surface area contributed by atoms with Crippen LogP contribution in [-0.4, -0.2) is 9.13 Å². The summed E-state index contributed by atoms with van der Waals surface area (Å²) in [5.41, 5.74) is 11.9. The van der Waals surface area contributed by atoms with Gasteiger partial charge in [0.05, 0.1) is 62.3 Å². The van der Waals surface area contributed by atoms with Crippen molar-refractivity contribution in [3.05, 3.63) is 166 Å². The predicted molar refractivity (Wildman–Crippen MR) is 275 cm³/mol. The highest BCUT2D eigenvalue weighted by Gasteiger charge is 2.32. The summed E-state index contributed by atoms with van der Waals surface area (Å²) in [4.78, 5) is 0. The Morgan fingerprint density at radius 2 is 0.735 bits per heavy atom. The lowest BCUT2D eigenvalue weighted by Gasteiger charge is -2.22. The van der Waals surface area contributed by atoms with Crippen LogP contribution in [0.1, 0.15) is 122 Å². The highest BCUT2D eigenvalue weighted by Crippen LogP contribution is 2.46.